The van der Waals surface area contributed by atoms with E-state index in [1.165, 1.54) is 19.3 Å². The number of rotatable bonds is 7. The van der Waals surface area contributed by atoms with E-state index in [9.17, 15) is 4.79 Å². The van der Waals surface area contributed by atoms with Crippen molar-refractivity contribution in [1.29, 1.82) is 0 Å². The summed E-state index contributed by atoms with van der Waals surface area (Å²) in [6.07, 6.45) is 9.49. The Bertz CT molecular complexity index is 336. The molecule has 0 aromatic carbocycles. The average Bonchev–Trinajstić information content (AvgIpc) is 2.61. The third kappa shape index (κ3) is 3.33. The summed E-state index contributed by atoms with van der Waals surface area (Å²) in [5.74, 6) is 0.911. The van der Waals surface area contributed by atoms with Crippen molar-refractivity contribution in [2.75, 3.05) is 12.8 Å². The third-order valence-electron chi connectivity index (χ3n) is 4.78. The monoisotopic (exact) mass is 298 g/mol. The lowest BCUT2D eigenvalue weighted by Crippen LogP contribution is -2.49. The third-order valence-corrected chi connectivity index (χ3v) is 6.18. The molecular formula is C16H30N2OS. The summed E-state index contributed by atoms with van der Waals surface area (Å²) in [6.45, 7) is 7.54. The van der Waals surface area contributed by atoms with Gasteiger partial charge in [-0.3, -0.25) is 10.1 Å². The first kappa shape index (κ1) is 16.2. The fourth-order valence-electron chi connectivity index (χ4n) is 3.40. The SMILES string of the molecule is CCCC1NC(CC(C)C)C(=O)N1CC1(SC)CCC1. The van der Waals surface area contributed by atoms with Crippen molar-refractivity contribution < 1.29 is 4.79 Å². The van der Waals surface area contributed by atoms with Crippen molar-refractivity contribution in [2.45, 2.75) is 76.3 Å². The fraction of sp³-hybridized carbons (Fsp3) is 0.938. The van der Waals surface area contributed by atoms with Gasteiger partial charge in [-0.2, -0.15) is 11.8 Å². The fourth-order valence-corrected chi connectivity index (χ4v) is 4.36. The van der Waals surface area contributed by atoms with Crippen molar-refractivity contribution in [1.82, 2.24) is 10.2 Å². The van der Waals surface area contributed by atoms with Gasteiger partial charge in [0.25, 0.3) is 0 Å². The number of nitrogens with zero attached hydrogens (tertiary/aromatic N) is 1. The van der Waals surface area contributed by atoms with Crippen molar-refractivity contribution >= 4 is 17.7 Å². The Hall–Kier alpha value is -0.220. The highest BCUT2D eigenvalue weighted by atomic mass is 32.2. The molecule has 0 aromatic heterocycles. The van der Waals surface area contributed by atoms with Gasteiger partial charge in [0.15, 0.2) is 0 Å². The van der Waals surface area contributed by atoms with Gasteiger partial charge >= 0.3 is 0 Å². The summed E-state index contributed by atoms with van der Waals surface area (Å²) in [5, 5.41) is 3.59. The lowest BCUT2D eigenvalue weighted by Gasteiger charge is -2.44. The van der Waals surface area contributed by atoms with E-state index in [0.717, 1.165) is 25.8 Å². The lowest BCUT2D eigenvalue weighted by atomic mass is 9.83. The Balaban J connectivity index is 2.05. The van der Waals surface area contributed by atoms with E-state index >= 15 is 0 Å². The first-order valence-electron chi connectivity index (χ1n) is 8.13. The molecule has 20 heavy (non-hydrogen) atoms. The van der Waals surface area contributed by atoms with Gasteiger partial charge in [0, 0.05) is 11.3 Å². The molecule has 3 nitrogen and oxygen atoms in total. The second-order valence-corrected chi connectivity index (χ2v) is 8.13. The first-order valence-corrected chi connectivity index (χ1v) is 9.35. The first-order chi connectivity index (χ1) is 9.51. The maximum atomic E-state index is 12.7. The van der Waals surface area contributed by atoms with Gasteiger partial charge in [-0.25, -0.2) is 0 Å². The molecule has 2 fully saturated rings. The van der Waals surface area contributed by atoms with Crippen LogP contribution in [0.2, 0.25) is 0 Å². The van der Waals surface area contributed by atoms with Crippen molar-refractivity contribution in [3.8, 4) is 0 Å². The minimum Gasteiger partial charge on any atom is -0.324 e. The van der Waals surface area contributed by atoms with Crippen LogP contribution in [0.25, 0.3) is 0 Å². The molecule has 0 bridgehead atoms. The summed E-state index contributed by atoms with van der Waals surface area (Å²) in [6, 6.07) is 0.0468. The Labute approximate surface area is 128 Å². The van der Waals surface area contributed by atoms with Gasteiger partial charge in [-0.15, -0.1) is 0 Å². The van der Waals surface area contributed by atoms with E-state index in [1.54, 1.807) is 0 Å². The standard InChI is InChI=1S/C16H30N2OS/c1-5-7-14-17-13(10-12(2)3)15(19)18(14)11-16(20-4)8-6-9-16/h12-14,17H,5-11H2,1-4H3. The predicted molar refractivity (Wildman–Crippen MR) is 86.9 cm³/mol. The van der Waals surface area contributed by atoms with E-state index in [4.69, 9.17) is 0 Å². The molecule has 2 unspecified atom stereocenters. The van der Waals surface area contributed by atoms with E-state index in [2.05, 4.69) is 37.2 Å². The lowest BCUT2D eigenvalue weighted by molar-refractivity contribution is -0.131. The quantitative estimate of drug-likeness (QED) is 0.783. The number of amides is 1. The Morgan fingerprint density at radius 3 is 2.60 bits per heavy atom. The molecule has 1 saturated carbocycles. The van der Waals surface area contributed by atoms with Crippen LogP contribution in [-0.2, 0) is 4.79 Å². The topological polar surface area (TPSA) is 32.3 Å². The maximum Gasteiger partial charge on any atom is 0.241 e. The molecule has 1 amide bonds. The number of thioether (sulfide) groups is 1. The molecule has 1 saturated heterocycles. The largest absolute Gasteiger partial charge is 0.324 e. The molecule has 2 atom stereocenters. The highest BCUT2D eigenvalue weighted by Crippen LogP contribution is 2.44. The average molecular weight is 298 g/mol. The summed E-state index contributed by atoms with van der Waals surface area (Å²) >= 11 is 1.96. The molecule has 0 aromatic rings. The zero-order valence-corrected chi connectivity index (χ0v) is 14.3. The molecule has 2 aliphatic rings. The van der Waals surface area contributed by atoms with E-state index < -0.39 is 0 Å². The van der Waals surface area contributed by atoms with E-state index in [0.29, 0.717) is 16.6 Å². The molecular weight excluding hydrogens is 268 g/mol. The van der Waals surface area contributed by atoms with Crippen LogP contribution in [0.5, 0.6) is 0 Å². The van der Waals surface area contributed by atoms with Crippen molar-refractivity contribution in [3.05, 3.63) is 0 Å². The number of carbonyl (C=O) groups excluding carboxylic acids is 1. The normalized spacial score (nSPS) is 29.1. The van der Waals surface area contributed by atoms with Gasteiger partial charge in [0.05, 0.1) is 12.2 Å². The Kier molecular flexibility index (Phi) is 5.41. The molecule has 1 aliphatic carbocycles. The van der Waals surface area contributed by atoms with Gasteiger partial charge in [-0.05, 0) is 37.9 Å². The molecule has 1 aliphatic heterocycles. The van der Waals surface area contributed by atoms with Crippen LogP contribution in [0.3, 0.4) is 0 Å². The summed E-state index contributed by atoms with van der Waals surface area (Å²) in [7, 11) is 0. The van der Waals surface area contributed by atoms with Gasteiger partial charge in [0.2, 0.25) is 5.91 Å². The summed E-state index contributed by atoms with van der Waals surface area (Å²) < 4.78 is 0.343. The van der Waals surface area contributed by atoms with Crippen LogP contribution in [0, 0.1) is 5.92 Å². The Morgan fingerprint density at radius 2 is 2.15 bits per heavy atom. The number of hydrogen-bond acceptors (Lipinski definition) is 3. The smallest absolute Gasteiger partial charge is 0.241 e. The van der Waals surface area contributed by atoms with Gasteiger partial charge < -0.3 is 4.90 Å². The minimum atomic E-state index is 0.0468. The molecule has 0 radical (unpaired) electrons. The maximum absolute atomic E-state index is 12.7. The van der Waals surface area contributed by atoms with Crippen LogP contribution >= 0.6 is 11.8 Å². The number of hydrogen-bond donors (Lipinski definition) is 1. The number of carbonyl (C=O) groups is 1. The zero-order valence-electron chi connectivity index (χ0n) is 13.4. The number of nitrogens with one attached hydrogen (secondary N) is 1. The summed E-state index contributed by atoms with van der Waals surface area (Å²) in [5.41, 5.74) is 0. The molecule has 1 heterocycles. The van der Waals surface area contributed by atoms with Crippen molar-refractivity contribution in [2.24, 2.45) is 5.92 Å². The van der Waals surface area contributed by atoms with Gasteiger partial charge in [-0.1, -0.05) is 33.6 Å². The van der Waals surface area contributed by atoms with Gasteiger partial charge in [0.1, 0.15) is 0 Å². The van der Waals surface area contributed by atoms with Crippen LogP contribution in [0.15, 0.2) is 0 Å². The van der Waals surface area contributed by atoms with Crippen LogP contribution in [0.4, 0.5) is 0 Å². The van der Waals surface area contributed by atoms with Crippen LogP contribution < -0.4 is 5.32 Å². The summed E-state index contributed by atoms with van der Waals surface area (Å²) in [4.78, 5) is 14.9. The molecule has 116 valence electrons. The second kappa shape index (κ2) is 6.69. The predicted octanol–water partition coefficient (Wildman–Crippen LogP) is 3.24. The zero-order chi connectivity index (χ0) is 14.8. The van der Waals surface area contributed by atoms with Crippen LogP contribution in [-0.4, -0.2) is 40.6 Å². The molecule has 4 heteroatoms. The highest BCUT2D eigenvalue weighted by Gasteiger charge is 2.45. The molecule has 2 rings (SSSR count). The Morgan fingerprint density at radius 1 is 1.45 bits per heavy atom. The minimum absolute atomic E-state index is 0.0468. The van der Waals surface area contributed by atoms with E-state index in [1.807, 2.05) is 11.8 Å². The second-order valence-electron chi connectivity index (χ2n) is 6.86. The molecule has 1 N–H and O–H groups in total. The van der Waals surface area contributed by atoms with Crippen LogP contribution in [0.1, 0.15) is 59.3 Å². The molecule has 0 spiro atoms. The van der Waals surface area contributed by atoms with Crippen molar-refractivity contribution in [3.63, 3.8) is 0 Å². The highest BCUT2D eigenvalue weighted by molar-refractivity contribution is 8.00. The van der Waals surface area contributed by atoms with E-state index in [-0.39, 0.29) is 12.2 Å².